The zero-order valence-electron chi connectivity index (χ0n) is 10.5. The molecule has 2 rings (SSSR count). The third-order valence-electron chi connectivity index (χ3n) is 2.51. The van der Waals surface area contributed by atoms with E-state index in [1.165, 1.54) is 0 Å². The fourth-order valence-corrected chi connectivity index (χ4v) is 1.81. The van der Waals surface area contributed by atoms with Crippen LogP contribution in [0.4, 0.5) is 5.69 Å². The fraction of sp³-hybridized carbons (Fsp3) is 0.417. The average molecular weight is 307 g/mol. The van der Waals surface area contributed by atoms with Crippen LogP contribution in [0, 0.1) is 0 Å². The highest BCUT2D eigenvalue weighted by Gasteiger charge is 2.16. The highest BCUT2D eigenvalue weighted by Crippen LogP contribution is 2.37. The number of rotatable bonds is 4. The largest absolute Gasteiger partial charge is 0.486 e. The topological polar surface area (TPSA) is 59.6 Å². The van der Waals surface area contributed by atoms with Crippen LogP contribution in [0.1, 0.15) is 6.42 Å². The van der Waals surface area contributed by atoms with E-state index in [2.05, 4.69) is 10.6 Å². The van der Waals surface area contributed by atoms with Gasteiger partial charge in [0.1, 0.15) is 13.2 Å². The summed E-state index contributed by atoms with van der Waals surface area (Å²) in [6.45, 7) is 1.63. The number of halogens is 2. The summed E-state index contributed by atoms with van der Waals surface area (Å²) in [6, 6.07) is 3.35. The standard InChI is InChI=1S/C12H15ClN2O3.ClH/c1-14-3-2-12(16)15-9-7-11-10(6-8(9)13)17-4-5-18-11;/h6-7,14H,2-5H2,1H3,(H,15,16);1H. The van der Waals surface area contributed by atoms with Crippen molar-refractivity contribution in [2.45, 2.75) is 6.42 Å². The zero-order chi connectivity index (χ0) is 13.0. The molecule has 106 valence electrons. The molecule has 0 bridgehead atoms. The first-order chi connectivity index (χ1) is 8.70. The molecule has 5 nitrogen and oxygen atoms in total. The molecule has 1 amide bonds. The Hall–Kier alpha value is -1.17. The Morgan fingerprint density at radius 3 is 2.58 bits per heavy atom. The molecular formula is C12H16Cl2N2O3. The Morgan fingerprint density at radius 2 is 1.95 bits per heavy atom. The van der Waals surface area contributed by atoms with Gasteiger partial charge in [0.05, 0.1) is 10.7 Å². The van der Waals surface area contributed by atoms with E-state index in [1.807, 2.05) is 0 Å². The second kappa shape index (κ2) is 7.43. The molecule has 1 aromatic carbocycles. The second-order valence-electron chi connectivity index (χ2n) is 3.88. The Morgan fingerprint density at radius 1 is 1.32 bits per heavy atom. The van der Waals surface area contributed by atoms with Crippen molar-refractivity contribution in [2.75, 3.05) is 32.1 Å². The summed E-state index contributed by atoms with van der Waals surface area (Å²) in [5.41, 5.74) is 0.544. The van der Waals surface area contributed by atoms with Gasteiger partial charge in [0.15, 0.2) is 11.5 Å². The van der Waals surface area contributed by atoms with Crippen LogP contribution in [-0.2, 0) is 4.79 Å². The fourth-order valence-electron chi connectivity index (χ4n) is 1.61. The van der Waals surface area contributed by atoms with E-state index in [9.17, 15) is 4.79 Å². The van der Waals surface area contributed by atoms with Gasteiger partial charge in [0.25, 0.3) is 0 Å². The highest BCUT2D eigenvalue weighted by molar-refractivity contribution is 6.34. The maximum Gasteiger partial charge on any atom is 0.225 e. The number of carbonyl (C=O) groups is 1. The van der Waals surface area contributed by atoms with Crippen molar-refractivity contribution in [3.8, 4) is 11.5 Å². The number of amides is 1. The van der Waals surface area contributed by atoms with Crippen LogP contribution in [-0.4, -0.2) is 32.7 Å². The number of ether oxygens (including phenoxy) is 2. The molecule has 19 heavy (non-hydrogen) atoms. The maximum atomic E-state index is 11.6. The van der Waals surface area contributed by atoms with Crippen molar-refractivity contribution >= 4 is 35.6 Å². The number of hydrogen-bond acceptors (Lipinski definition) is 4. The molecule has 7 heteroatoms. The molecule has 2 N–H and O–H groups in total. The van der Waals surface area contributed by atoms with Crippen molar-refractivity contribution in [1.82, 2.24) is 5.32 Å². The normalized spacial score (nSPS) is 12.5. The van der Waals surface area contributed by atoms with Gasteiger partial charge >= 0.3 is 0 Å². The molecule has 0 atom stereocenters. The predicted octanol–water partition coefficient (Wildman–Crippen LogP) is 2.08. The molecule has 1 heterocycles. The number of nitrogens with one attached hydrogen (secondary N) is 2. The number of benzene rings is 1. The van der Waals surface area contributed by atoms with Crippen molar-refractivity contribution in [3.63, 3.8) is 0 Å². The smallest absolute Gasteiger partial charge is 0.225 e. The number of carbonyl (C=O) groups excluding carboxylic acids is 1. The van der Waals surface area contributed by atoms with Gasteiger partial charge in [-0.1, -0.05) is 11.6 Å². The average Bonchev–Trinajstić information content (AvgIpc) is 2.37. The van der Waals surface area contributed by atoms with Crippen molar-refractivity contribution in [1.29, 1.82) is 0 Å². The van der Waals surface area contributed by atoms with Gasteiger partial charge in [0.2, 0.25) is 5.91 Å². The minimum atomic E-state index is -0.0945. The van der Waals surface area contributed by atoms with E-state index in [4.69, 9.17) is 21.1 Å². The van der Waals surface area contributed by atoms with Gasteiger partial charge in [-0.25, -0.2) is 0 Å². The van der Waals surface area contributed by atoms with Gasteiger partial charge in [0, 0.05) is 25.1 Å². The Labute approximate surface area is 123 Å². The van der Waals surface area contributed by atoms with E-state index < -0.39 is 0 Å². The minimum Gasteiger partial charge on any atom is -0.486 e. The van der Waals surface area contributed by atoms with E-state index >= 15 is 0 Å². The monoisotopic (exact) mass is 306 g/mol. The first-order valence-electron chi connectivity index (χ1n) is 5.74. The van der Waals surface area contributed by atoms with E-state index in [0.717, 1.165) is 0 Å². The second-order valence-corrected chi connectivity index (χ2v) is 4.28. The SMILES string of the molecule is CNCCC(=O)Nc1cc2c(cc1Cl)OCCO2.Cl. The lowest BCUT2D eigenvalue weighted by atomic mass is 10.2. The Balaban J connectivity index is 0.00000180. The molecule has 1 aromatic rings. The number of hydrogen-bond donors (Lipinski definition) is 2. The van der Waals surface area contributed by atoms with Crippen LogP contribution in [0.25, 0.3) is 0 Å². The summed E-state index contributed by atoms with van der Waals surface area (Å²) in [7, 11) is 1.80. The summed E-state index contributed by atoms with van der Waals surface area (Å²) in [5, 5.41) is 6.10. The van der Waals surface area contributed by atoms with E-state index in [-0.39, 0.29) is 18.3 Å². The molecule has 1 aliphatic heterocycles. The van der Waals surface area contributed by atoms with E-state index in [1.54, 1.807) is 19.2 Å². The summed E-state index contributed by atoms with van der Waals surface area (Å²) in [5.74, 6) is 1.12. The summed E-state index contributed by atoms with van der Waals surface area (Å²) in [6.07, 6.45) is 0.390. The third kappa shape index (κ3) is 4.16. The molecule has 0 spiro atoms. The van der Waals surface area contributed by atoms with Crippen LogP contribution in [0.2, 0.25) is 5.02 Å². The van der Waals surface area contributed by atoms with Gasteiger partial charge in [-0.15, -0.1) is 12.4 Å². The summed E-state index contributed by atoms with van der Waals surface area (Å²) in [4.78, 5) is 11.6. The summed E-state index contributed by atoms with van der Waals surface area (Å²) < 4.78 is 10.8. The van der Waals surface area contributed by atoms with Crippen LogP contribution in [0.5, 0.6) is 11.5 Å². The lowest BCUT2D eigenvalue weighted by Gasteiger charge is -2.20. The molecule has 0 fully saturated rings. The quantitative estimate of drug-likeness (QED) is 0.894. The zero-order valence-corrected chi connectivity index (χ0v) is 12.1. The lowest BCUT2D eigenvalue weighted by Crippen LogP contribution is -2.19. The Bertz CT molecular complexity index is 455. The third-order valence-corrected chi connectivity index (χ3v) is 2.82. The molecule has 0 radical (unpaired) electrons. The van der Waals surface area contributed by atoms with Crippen molar-refractivity contribution in [3.05, 3.63) is 17.2 Å². The van der Waals surface area contributed by atoms with Crippen molar-refractivity contribution in [2.24, 2.45) is 0 Å². The number of fused-ring (bicyclic) bond motifs is 1. The van der Waals surface area contributed by atoms with Gasteiger partial charge < -0.3 is 20.1 Å². The molecule has 0 unspecified atom stereocenters. The highest BCUT2D eigenvalue weighted by atomic mass is 35.5. The molecular weight excluding hydrogens is 291 g/mol. The predicted molar refractivity (Wildman–Crippen MR) is 76.9 cm³/mol. The van der Waals surface area contributed by atoms with Crippen LogP contribution < -0.4 is 20.1 Å². The van der Waals surface area contributed by atoms with Gasteiger partial charge in [-0.05, 0) is 7.05 Å². The van der Waals surface area contributed by atoms with Gasteiger partial charge in [-0.2, -0.15) is 0 Å². The van der Waals surface area contributed by atoms with Crippen LogP contribution >= 0.6 is 24.0 Å². The molecule has 0 saturated heterocycles. The van der Waals surface area contributed by atoms with Crippen molar-refractivity contribution < 1.29 is 14.3 Å². The van der Waals surface area contributed by atoms with Gasteiger partial charge in [-0.3, -0.25) is 4.79 Å². The lowest BCUT2D eigenvalue weighted by molar-refractivity contribution is -0.116. The first kappa shape index (κ1) is 15.9. The Kier molecular flexibility index (Phi) is 6.21. The molecule has 0 saturated carbocycles. The summed E-state index contributed by atoms with van der Waals surface area (Å²) >= 11 is 6.07. The number of anilines is 1. The molecule has 0 aliphatic carbocycles. The first-order valence-corrected chi connectivity index (χ1v) is 6.12. The van der Waals surface area contributed by atoms with Crippen LogP contribution in [0.15, 0.2) is 12.1 Å². The molecule has 1 aliphatic rings. The minimum absolute atomic E-state index is 0. The maximum absolute atomic E-state index is 11.6. The van der Waals surface area contributed by atoms with Crippen LogP contribution in [0.3, 0.4) is 0 Å². The van der Waals surface area contributed by atoms with E-state index in [0.29, 0.717) is 48.4 Å². The molecule has 0 aromatic heterocycles.